The summed E-state index contributed by atoms with van der Waals surface area (Å²) in [6.45, 7) is 3.46. The van der Waals surface area contributed by atoms with Crippen molar-refractivity contribution in [3.63, 3.8) is 0 Å². The molecule has 1 aliphatic heterocycles. The Labute approximate surface area is 130 Å². The number of ketones is 1. The fourth-order valence-electron chi connectivity index (χ4n) is 2.18. The molecule has 1 atom stereocenters. The number of Topliss-reactive ketones (excluding diaryl/α,β-unsaturated/α-hetero) is 1. The Hall–Kier alpha value is -1.25. The molecule has 0 aromatic carbocycles. The average molecular weight is 324 g/mol. The third kappa shape index (κ3) is 3.69. The molecular weight excluding hydrogens is 308 g/mol. The summed E-state index contributed by atoms with van der Waals surface area (Å²) in [6, 6.07) is 3.84. The molecule has 1 saturated heterocycles. The molecule has 0 aliphatic carbocycles. The first kappa shape index (κ1) is 14.7. The topological polar surface area (TPSA) is 69.9 Å². The molecular formula is C13H16N4O2S2. The number of carbonyl (C=O) groups excluding carboxylic acids is 1. The molecule has 0 spiro atoms. The lowest BCUT2D eigenvalue weighted by atomic mass is 10.2. The second-order valence-corrected chi connectivity index (χ2v) is 7.13. The van der Waals surface area contributed by atoms with Gasteiger partial charge in [-0.1, -0.05) is 11.8 Å². The Kier molecular flexibility index (Phi) is 4.67. The molecule has 0 amide bonds. The molecule has 0 N–H and O–H groups in total. The summed E-state index contributed by atoms with van der Waals surface area (Å²) in [7, 11) is 0. The average Bonchev–Trinajstić information content (AvgIpc) is 3.19. The summed E-state index contributed by atoms with van der Waals surface area (Å²) < 4.78 is 7.32. The molecule has 21 heavy (non-hydrogen) atoms. The summed E-state index contributed by atoms with van der Waals surface area (Å²) in [6.07, 6.45) is 2.31. The van der Waals surface area contributed by atoms with E-state index in [-0.39, 0.29) is 11.9 Å². The van der Waals surface area contributed by atoms with E-state index in [1.54, 1.807) is 4.68 Å². The first-order valence-electron chi connectivity index (χ1n) is 6.82. The van der Waals surface area contributed by atoms with E-state index in [2.05, 4.69) is 15.5 Å². The Balaban J connectivity index is 1.57. The van der Waals surface area contributed by atoms with Crippen molar-refractivity contribution in [2.24, 2.45) is 0 Å². The highest BCUT2D eigenvalue weighted by molar-refractivity contribution is 7.99. The molecule has 0 bridgehead atoms. The van der Waals surface area contributed by atoms with Crippen LogP contribution in [0, 0.1) is 6.92 Å². The molecule has 2 aromatic heterocycles. The van der Waals surface area contributed by atoms with Crippen LogP contribution in [0.25, 0.3) is 0 Å². The molecule has 2 aromatic rings. The number of hydrogen-bond acceptors (Lipinski definition) is 7. The predicted octanol–water partition coefficient (Wildman–Crippen LogP) is 2.20. The molecule has 0 unspecified atom stereocenters. The summed E-state index contributed by atoms with van der Waals surface area (Å²) in [5.41, 5.74) is 0. The van der Waals surface area contributed by atoms with Crippen LogP contribution in [0.4, 0.5) is 0 Å². The van der Waals surface area contributed by atoms with E-state index in [1.165, 1.54) is 23.1 Å². The van der Waals surface area contributed by atoms with Gasteiger partial charge >= 0.3 is 0 Å². The number of thioether (sulfide) groups is 1. The minimum atomic E-state index is 0.116. The van der Waals surface area contributed by atoms with Crippen molar-refractivity contribution in [1.29, 1.82) is 0 Å². The van der Waals surface area contributed by atoms with Crippen molar-refractivity contribution < 1.29 is 9.53 Å². The van der Waals surface area contributed by atoms with Crippen LogP contribution in [-0.2, 0) is 11.3 Å². The van der Waals surface area contributed by atoms with Gasteiger partial charge in [-0.2, -0.15) is 0 Å². The van der Waals surface area contributed by atoms with Crippen LogP contribution in [0.2, 0.25) is 0 Å². The smallest absolute Gasteiger partial charge is 0.209 e. The second-order valence-electron chi connectivity index (χ2n) is 4.90. The van der Waals surface area contributed by atoms with Crippen LogP contribution >= 0.6 is 23.1 Å². The maximum absolute atomic E-state index is 12.1. The molecule has 112 valence electrons. The lowest BCUT2D eigenvalue weighted by Crippen LogP contribution is -2.17. The number of nitrogens with zero attached hydrogens (tertiary/aromatic N) is 4. The van der Waals surface area contributed by atoms with Gasteiger partial charge in [0.05, 0.1) is 23.3 Å². The Morgan fingerprint density at radius 1 is 1.57 bits per heavy atom. The predicted molar refractivity (Wildman–Crippen MR) is 80.9 cm³/mol. The van der Waals surface area contributed by atoms with Gasteiger partial charge < -0.3 is 4.74 Å². The molecule has 1 aliphatic rings. The molecule has 3 heterocycles. The van der Waals surface area contributed by atoms with Gasteiger partial charge in [0.1, 0.15) is 0 Å². The highest BCUT2D eigenvalue weighted by Gasteiger charge is 2.19. The normalized spacial score (nSPS) is 18.2. The van der Waals surface area contributed by atoms with E-state index >= 15 is 0 Å². The summed E-state index contributed by atoms with van der Waals surface area (Å²) in [5.74, 6) is 0.469. The Morgan fingerprint density at radius 2 is 2.48 bits per heavy atom. The monoisotopic (exact) mass is 324 g/mol. The maximum Gasteiger partial charge on any atom is 0.209 e. The number of carbonyl (C=O) groups is 1. The Morgan fingerprint density at radius 3 is 3.19 bits per heavy atom. The summed E-state index contributed by atoms with van der Waals surface area (Å²) in [4.78, 5) is 14.0. The molecule has 1 fully saturated rings. The number of ether oxygens (including phenoxy) is 1. The highest BCUT2D eigenvalue weighted by atomic mass is 32.2. The standard InChI is InChI=1S/C13H16N4O2S2/c1-9-4-5-12(21-9)11(18)8-20-13-14-15-16-17(13)7-10-3-2-6-19-10/h4-5,10H,2-3,6-8H2,1H3/t10-/m1/s1. The largest absolute Gasteiger partial charge is 0.376 e. The van der Waals surface area contributed by atoms with Gasteiger partial charge in [-0.15, -0.1) is 16.4 Å². The van der Waals surface area contributed by atoms with Crippen molar-refractivity contribution in [1.82, 2.24) is 20.2 Å². The van der Waals surface area contributed by atoms with Crippen molar-refractivity contribution in [2.75, 3.05) is 12.4 Å². The van der Waals surface area contributed by atoms with E-state index in [0.717, 1.165) is 29.2 Å². The van der Waals surface area contributed by atoms with Crippen LogP contribution in [-0.4, -0.2) is 44.5 Å². The van der Waals surface area contributed by atoms with Crippen molar-refractivity contribution in [3.8, 4) is 0 Å². The van der Waals surface area contributed by atoms with E-state index < -0.39 is 0 Å². The quantitative estimate of drug-likeness (QED) is 0.599. The maximum atomic E-state index is 12.1. The van der Waals surface area contributed by atoms with Crippen LogP contribution in [0.5, 0.6) is 0 Å². The van der Waals surface area contributed by atoms with Gasteiger partial charge in [0.25, 0.3) is 0 Å². The molecule has 0 saturated carbocycles. The van der Waals surface area contributed by atoms with E-state index in [4.69, 9.17) is 4.74 Å². The number of hydrogen-bond donors (Lipinski definition) is 0. The van der Waals surface area contributed by atoms with E-state index in [9.17, 15) is 4.79 Å². The van der Waals surface area contributed by atoms with Crippen molar-refractivity contribution in [3.05, 3.63) is 21.9 Å². The van der Waals surface area contributed by atoms with Gasteiger partial charge in [-0.05, 0) is 42.3 Å². The van der Waals surface area contributed by atoms with E-state index in [1.807, 2.05) is 19.1 Å². The summed E-state index contributed by atoms with van der Waals surface area (Å²) >= 11 is 2.90. The number of aromatic nitrogens is 4. The third-order valence-electron chi connectivity index (χ3n) is 3.25. The SMILES string of the molecule is Cc1ccc(C(=O)CSc2nnnn2C[C@H]2CCCO2)s1. The van der Waals surface area contributed by atoms with Gasteiger partial charge in [0, 0.05) is 11.5 Å². The molecule has 6 nitrogen and oxygen atoms in total. The zero-order valence-electron chi connectivity index (χ0n) is 11.7. The fraction of sp³-hybridized carbons (Fsp3) is 0.538. The van der Waals surface area contributed by atoms with Gasteiger partial charge in [-0.3, -0.25) is 4.79 Å². The molecule has 8 heteroatoms. The first-order valence-corrected chi connectivity index (χ1v) is 8.63. The third-order valence-corrected chi connectivity index (χ3v) is 5.25. The van der Waals surface area contributed by atoms with Crippen molar-refractivity contribution in [2.45, 2.75) is 37.6 Å². The number of tetrazole rings is 1. The fourth-order valence-corrected chi connectivity index (χ4v) is 3.85. The van der Waals surface area contributed by atoms with Crippen LogP contribution < -0.4 is 0 Å². The zero-order valence-corrected chi connectivity index (χ0v) is 13.3. The minimum Gasteiger partial charge on any atom is -0.376 e. The van der Waals surface area contributed by atoms with Gasteiger partial charge in [0.15, 0.2) is 5.78 Å². The van der Waals surface area contributed by atoms with E-state index in [0.29, 0.717) is 17.5 Å². The van der Waals surface area contributed by atoms with Crippen LogP contribution in [0.1, 0.15) is 27.4 Å². The van der Waals surface area contributed by atoms with Crippen molar-refractivity contribution >= 4 is 28.9 Å². The first-order chi connectivity index (χ1) is 10.2. The van der Waals surface area contributed by atoms with Crippen LogP contribution in [0.15, 0.2) is 17.3 Å². The molecule has 0 radical (unpaired) electrons. The summed E-state index contributed by atoms with van der Waals surface area (Å²) in [5, 5.41) is 12.3. The lowest BCUT2D eigenvalue weighted by molar-refractivity contribution is 0.0912. The number of rotatable bonds is 6. The van der Waals surface area contributed by atoms with Gasteiger partial charge in [-0.25, -0.2) is 4.68 Å². The highest BCUT2D eigenvalue weighted by Crippen LogP contribution is 2.21. The number of aryl methyl sites for hydroxylation is 1. The Bertz CT molecular complexity index is 619. The van der Waals surface area contributed by atoms with Crippen LogP contribution in [0.3, 0.4) is 0 Å². The molecule has 3 rings (SSSR count). The van der Waals surface area contributed by atoms with Gasteiger partial charge in [0.2, 0.25) is 5.16 Å². The zero-order chi connectivity index (χ0) is 14.7. The minimum absolute atomic E-state index is 0.116. The second kappa shape index (κ2) is 6.67. The number of thiophene rings is 1. The lowest BCUT2D eigenvalue weighted by Gasteiger charge is -2.09.